The Labute approximate surface area is 200 Å². The van der Waals surface area contributed by atoms with E-state index in [9.17, 15) is 4.79 Å². The Balaban J connectivity index is 1.53. The van der Waals surface area contributed by atoms with Crippen LogP contribution >= 0.6 is 11.6 Å². The summed E-state index contributed by atoms with van der Waals surface area (Å²) in [4.78, 5) is 20.2. The van der Waals surface area contributed by atoms with Crippen molar-refractivity contribution in [3.8, 4) is 0 Å². The summed E-state index contributed by atoms with van der Waals surface area (Å²) in [5.41, 5.74) is 7.35. The van der Waals surface area contributed by atoms with E-state index in [1.807, 2.05) is 29.2 Å². The molecule has 0 radical (unpaired) electrons. The van der Waals surface area contributed by atoms with Crippen molar-refractivity contribution in [2.75, 3.05) is 45.8 Å². The van der Waals surface area contributed by atoms with Crippen LogP contribution in [0.1, 0.15) is 57.9 Å². The van der Waals surface area contributed by atoms with Crippen LogP contribution in [0, 0.1) is 5.92 Å². The highest BCUT2D eigenvalue weighted by atomic mass is 35.5. The zero-order valence-corrected chi connectivity index (χ0v) is 20.9. The van der Waals surface area contributed by atoms with Gasteiger partial charge in [-0.25, -0.2) is 0 Å². The smallest absolute Gasteiger partial charge is 0.239 e. The summed E-state index contributed by atoms with van der Waals surface area (Å²) in [6.45, 7) is 11.4. The van der Waals surface area contributed by atoms with Gasteiger partial charge < -0.3 is 15.5 Å². The van der Waals surface area contributed by atoms with Crippen molar-refractivity contribution in [3.63, 3.8) is 0 Å². The van der Waals surface area contributed by atoms with Crippen molar-refractivity contribution in [1.29, 1.82) is 0 Å². The highest BCUT2D eigenvalue weighted by molar-refractivity contribution is 6.30. The predicted molar refractivity (Wildman–Crippen MR) is 134 cm³/mol. The second-order valence-electron chi connectivity index (χ2n) is 9.68. The van der Waals surface area contributed by atoms with Crippen LogP contribution in [0.2, 0.25) is 5.02 Å². The zero-order valence-electron chi connectivity index (χ0n) is 20.1. The van der Waals surface area contributed by atoms with Crippen LogP contribution in [0.25, 0.3) is 0 Å². The predicted octanol–water partition coefficient (Wildman–Crippen LogP) is 4.03. The lowest BCUT2D eigenvalue weighted by molar-refractivity contribution is -0.134. The monoisotopic (exact) mass is 462 g/mol. The maximum atomic E-state index is 13.0. The zero-order chi connectivity index (χ0) is 22.9. The van der Waals surface area contributed by atoms with Gasteiger partial charge in [0.1, 0.15) is 0 Å². The molecule has 5 nitrogen and oxygen atoms in total. The minimum absolute atomic E-state index is 0.0761. The topological polar surface area (TPSA) is 52.8 Å². The van der Waals surface area contributed by atoms with E-state index in [-0.39, 0.29) is 5.91 Å². The molecule has 2 N–H and O–H groups in total. The van der Waals surface area contributed by atoms with Gasteiger partial charge in [-0.15, -0.1) is 0 Å². The quantitative estimate of drug-likeness (QED) is 0.570. The lowest BCUT2D eigenvalue weighted by Crippen LogP contribution is -2.57. The molecule has 1 saturated heterocycles. The lowest BCUT2D eigenvalue weighted by Gasteiger charge is -2.42. The van der Waals surface area contributed by atoms with E-state index in [4.69, 9.17) is 17.3 Å². The molecule has 1 amide bonds. The molecule has 2 aliphatic rings. The number of likely N-dealkylation sites (N-methyl/N-ethyl adjacent to an activating group) is 1. The number of rotatable bonds is 10. The number of benzene rings is 1. The average molecular weight is 463 g/mol. The molecule has 1 aromatic carbocycles. The molecule has 32 heavy (non-hydrogen) atoms. The Morgan fingerprint density at radius 3 is 2.28 bits per heavy atom. The fraction of sp³-hybridized carbons (Fsp3) is 0.731. The van der Waals surface area contributed by atoms with Gasteiger partial charge in [0.25, 0.3) is 0 Å². The van der Waals surface area contributed by atoms with Gasteiger partial charge in [-0.3, -0.25) is 9.69 Å². The Kier molecular flexibility index (Phi) is 10.3. The summed E-state index contributed by atoms with van der Waals surface area (Å²) in [7, 11) is 0. The Hall–Kier alpha value is -1.14. The summed E-state index contributed by atoms with van der Waals surface area (Å²) in [5.74, 6) is 0.948. The largest absolute Gasteiger partial charge is 0.339 e. The Morgan fingerprint density at radius 1 is 1.06 bits per heavy atom. The third kappa shape index (κ3) is 7.44. The van der Waals surface area contributed by atoms with Crippen LogP contribution in [0.5, 0.6) is 0 Å². The lowest BCUT2D eigenvalue weighted by atomic mass is 9.84. The van der Waals surface area contributed by atoms with E-state index in [1.165, 1.54) is 38.5 Å². The SMILES string of the molecule is CCN(CC)CC(CC1CCCCC1)N1CCN(C(=O)C(N)Cc2ccc(Cl)cc2)CC1. The van der Waals surface area contributed by atoms with Crippen LogP contribution in [0.15, 0.2) is 24.3 Å². The van der Waals surface area contributed by atoms with E-state index in [2.05, 4.69) is 23.6 Å². The van der Waals surface area contributed by atoms with Gasteiger partial charge in [-0.2, -0.15) is 0 Å². The molecule has 0 spiro atoms. The molecule has 3 rings (SSSR count). The van der Waals surface area contributed by atoms with Gasteiger partial charge in [0, 0.05) is 43.8 Å². The van der Waals surface area contributed by atoms with Gasteiger partial charge in [-0.05, 0) is 49.5 Å². The molecule has 6 heteroatoms. The first-order chi connectivity index (χ1) is 15.5. The highest BCUT2D eigenvalue weighted by Crippen LogP contribution is 2.29. The van der Waals surface area contributed by atoms with Crippen molar-refractivity contribution in [1.82, 2.24) is 14.7 Å². The third-order valence-electron chi connectivity index (χ3n) is 7.52. The second kappa shape index (κ2) is 12.9. The number of amides is 1. The first-order valence-corrected chi connectivity index (χ1v) is 13.1. The Bertz CT molecular complexity index is 680. The molecule has 1 aliphatic heterocycles. The van der Waals surface area contributed by atoms with Crippen molar-refractivity contribution in [3.05, 3.63) is 34.9 Å². The summed E-state index contributed by atoms with van der Waals surface area (Å²) in [6, 6.07) is 7.73. The van der Waals surface area contributed by atoms with E-state index in [1.54, 1.807) is 0 Å². The third-order valence-corrected chi connectivity index (χ3v) is 7.77. The maximum absolute atomic E-state index is 13.0. The normalized spacial score (nSPS) is 20.5. The van der Waals surface area contributed by atoms with Crippen LogP contribution < -0.4 is 5.73 Å². The summed E-state index contributed by atoms with van der Waals surface area (Å²) < 4.78 is 0. The molecular formula is C26H43ClN4O. The number of nitrogens with two attached hydrogens (primary N) is 1. The average Bonchev–Trinajstić information content (AvgIpc) is 2.83. The van der Waals surface area contributed by atoms with Crippen molar-refractivity contribution >= 4 is 17.5 Å². The van der Waals surface area contributed by atoms with Crippen LogP contribution in [-0.4, -0.2) is 78.5 Å². The van der Waals surface area contributed by atoms with Gasteiger partial charge in [0.05, 0.1) is 6.04 Å². The molecule has 2 fully saturated rings. The minimum atomic E-state index is -0.489. The van der Waals surface area contributed by atoms with Crippen molar-refractivity contribution < 1.29 is 4.79 Å². The van der Waals surface area contributed by atoms with Gasteiger partial charge >= 0.3 is 0 Å². The fourth-order valence-electron chi connectivity index (χ4n) is 5.43. The molecule has 2 unspecified atom stereocenters. The number of halogens is 1. The highest BCUT2D eigenvalue weighted by Gasteiger charge is 2.30. The number of nitrogens with zero attached hydrogens (tertiary/aromatic N) is 3. The first-order valence-electron chi connectivity index (χ1n) is 12.7. The molecule has 1 saturated carbocycles. The second-order valence-corrected chi connectivity index (χ2v) is 10.1. The first kappa shape index (κ1) is 25.5. The van der Waals surface area contributed by atoms with Crippen molar-refractivity contribution in [2.45, 2.75) is 70.9 Å². The number of hydrogen-bond donors (Lipinski definition) is 1. The van der Waals surface area contributed by atoms with Gasteiger partial charge in [-0.1, -0.05) is 69.7 Å². The van der Waals surface area contributed by atoms with E-state index < -0.39 is 6.04 Å². The molecular weight excluding hydrogens is 420 g/mol. The Morgan fingerprint density at radius 2 is 1.69 bits per heavy atom. The summed E-state index contributed by atoms with van der Waals surface area (Å²) in [5, 5.41) is 0.706. The van der Waals surface area contributed by atoms with Gasteiger partial charge in [0.15, 0.2) is 0 Å². The molecule has 2 atom stereocenters. The van der Waals surface area contributed by atoms with Crippen LogP contribution in [-0.2, 0) is 11.2 Å². The minimum Gasteiger partial charge on any atom is -0.339 e. The molecule has 1 heterocycles. The molecule has 1 aromatic rings. The maximum Gasteiger partial charge on any atom is 0.239 e. The van der Waals surface area contributed by atoms with Crippen molar-refractivity contribution in [2.24, 2.45) is 11.7 Å². The van der Waals surface area contributed by atoms with Gasteiger partial charge in [0.2, 0.25) is 5.91 Å². The summed E-state index contributed by atoms with van der Waals surface area (Å²) >= 11 is 5.97. The standard InChI is InChI=1S/C26H43ClN4O/c1-3-29(4-2)20-24(18-21-8-6-5-7-9-21)30-14-16-31(17-15-30)26(32)25(28)19-22-10-12-23(27)13-11-22/h10-13,21,24-25H,3-9,14-20,28H2,1-2H3. The fourth-order valence-corrected chi connectivity index (χ4v) is 5.56. The molecule has 0 aromatic heterocycles. The van der Waals surface area contributed by atoms with E-state index >= 15 is 0 Å². The molecule has 1 aliphatic carbocycles. The van der Waals surface area contributed by atoms with Crippen LogP contribution in [0.4, 0.5) is 0 Å². The number of carbonyl (C=O) groups is 1. The number of hydrogen-bond acceptors (Lipinski definition) is 4. The van der Waals surface area contributed by atoms with E-state index in [0.29, 0.717) is 17.5 Å². The van der Waals surface area contributed by atoms with E-state index in [0.717, 1.165) is 57.3 Å². The molecule has 180 valence electrons. The number of carbonyl (C=O) groups excluding carboxylic acids is 1. The summed E-state index contributed by atoms with van der Waals surface area (Å²) in [6.07, 6.45) is 8.86. The van der Waals surface area contributed by atoms with Crippen LogP contribution in [0.3, 0.4) is 0 Å². The number of piperazine rings is 1. The molecule has 0 bridgehead atoms.